The first-order valence-corrected chi connectivity index (χ1v) is 8.58. The van der Waals surface area contributed by atoms with Gasteiger partial charge in [-0.3, -0.25) is 4.79 Å². The number of allylic oxidation sites excluding steroid dienone is 1. The first kappa shape index (κ1) is 15.7. The summed E-state index contributed by atoms with van der Waals surface area (Å²) in [5.41, 5.74) is 3.60. The van der Waals surface area contributed by atoms with E-state index in [1.165, 1.54) is 0 Å². The lowest BCUT2D eigenvalue weighted by Gasteiger charge is -2.13. The van der Waals surface area contributed by atoms with E-state index in [9.17, 15) is 4.79 Å². The van der Waals surface area contributed by atoms with Gasteiger partial charge in [0.25, 0.3) is 0 Å². The second-order valence-electron chi connectivity index (χ2n) is 5.65. The first-order chi connectivity index (χ1) is 12.2. The molecule has 0 saturated carbocycles. The van der Waals surface area contributed by atoms with E-state index < -0.39 is 0 Å². The predicted molar refractivity (Wildman–Crippen MR) is 101 cm³/mol. The van der Waals surface area contributed by atoms with Crippen LogP contribution in [0.4, 0.5) is 5.82 Å². The molecule has 0 bridgehead atoms. The highest BCUT2D eigenvalue weighted by molar-refractivity contribution is 9.10. The molecule has 25 heavy (non-hydrogen) atoms. The van der Waals surface area contributed by atoms with Gasteiger partial charge in [-0.25, -0.2) is 9.98 Å². The van der Waals surface area contributed by atoms with Gasteiger partial charge < -0.3 is 5.32 Å². The summed E-state index contributed by atoms with van der Waals surface area (Å²) in [5, 5.41) is 7.72. The number of carbonyl (C=O) groups is 1. The monoisotopic (exact) mass is 395 g/mol. The second-order valence-corrected chi connectivity index (χ2v) is 6.50. The van der Waals surface area contributed by atoms with Gasteiger partial charge in [-0.2, -0.15) is 9.61 Å². The van der Waals surface area contributed by atoms with Crippen molar-refractivity contribution < 1.29 is 4.79 Å². The molecule has 0 spiro atoms. The van der Waals surface area contributed by atoms with E-state index in [0.717, 1.165) is 32.8 Å². The van der Waals surface area contributed by atoms with Crippen LogP contribution in [0.25, 0.3) is 16.9 Å². The van der Waals surface area contributed by atoms with Gasteiger partial charge in [0.1, 0.15) is 5.82 Å². The standard InChI is InChI=1S/C18H14BrN5O/c19-14-11-22-24-16(21-10-12-6-7-20-17(25)8-12)9-15(23-18(14)24)13-4-2-1-3-5-13/h1-7,9,11,21H,8,10H2. The zero-order chi connectivity index (χ0) is 17.2. The average molecular weight is 396 g/mol. The van der Waals surface area contributed by atoms with Crippen molar-refractivity contribution in [3.05, 3.63) is 58.7 Å². The maximum Gasteiger partial charge on any atom is 0.249 e. The van der Waals surface area contributed by atoms with Gasteiger partial charge in [0, 0.05) is 24.4 Å². The summed E-state index contributed by atoms with van der Waals surface area (Å²) in [6, 6.07) is 11.9. The van der Waals surface area contributed by atoms with Crippen LogP contribution in [0.15, 0.2) is 63.7 Å². The molecule has 2 aromatic heterocycles. The van der Waals surface area contributed by atoms with Gasteiger partial charge in [-0.15, -0.1) is 0 Å². The van der Waals surface area contributed by atoms with Crippen molar-refractivity contribution in [2.24, 2.45) is 4.99 Å². The fraction of sp³-hybridized carbons (Fsp3) is 0.111. The SMILES string of the molecule is O=C1CC(CNc2cc(-c3ccccc3)nc3c(Br)cnn23)=CC=N1. The number of hydrogen-bond donors (Lipinski definition) is 1. The Labute approximate surface area is 152 Å². The van der Waals surface area contributed by atoms with Crippen LogP contribution in [-0.2, 0) is 4.79 Å². The number of fused-ring (bicyclic) bond motifs is 1. The van der Waals surface area contributed by atoms with Crippen LogP contribution in [-0.4, -0.2) is 33.3 Å². The highest BCUT2D eigenvalue weighted by Crippen LogP contribution is 2.26. The summed E-state index contributed by atoms with van der Waals surface area (Å²) < 4.78 is 2.57. The summed E-state index contributed by atoms with van der Waals surface area (Å²) in [5.74, 6) is 0.691. The zero-order valence-corrected chi connectivity index (χ0v) is 14.8. The van der Waals surface area contributed by atoms with Crippen LogP contribution in [0.2, 0.25) is 0 Å². The number of anilines is 1. The fourth-order valence-corrected chi connectivity index (χ4v) is 3.02. The molecule has 0 atom stereocenters. The number of halogens is 1. The summed E-state index contributed by atoms with van der Waals surface area (Å²) in [4.78, 5) is 19.9. The number of nitrogens with one attached hydrogen (secondary N) is 1. The summed E-state index contributed by atoms with van der Waals surface area (Å²) in [7, 11) is 0. The number of hydrogen-bond acceptors (Lipinski definition) is 4. The van der Waals surface area contributed by atoms with Gasteiger partial charge in [-0.1, -0.05) is 30.3 Å². The van der Waals surface area contributed by atoms with Crippen molar-refractivity contribution in [3.63, 3.8) is 0 Å². The number of benzene rings is 1. The quantitative estimate of drug-likeness (QED) is 0.733. The van der Waals surface area contributed by atoms with Crippen molar-refractivity contribution in [2.75, 3.05) is 11.9 Å². The molecule has 6 nitrogen and oxygen atoms in total. The molecule has 0 fully saturated rings. The Kier molecular flexibility index (Phi) is 4.15. The van der Waals surface area contributed by atoms with Gasteiger partial charge in [0.05, 0.1) is 22.8 Å². The Hall–Kier alpha value is -2.80. The van der Waals surface area contributed by atoms with Crippen LogP contribution in [0.5, 0.6) is 0 Å². The van der Waals surface area contributed by atoms with Crippen molar-refractivity contribution in [1.82, 2.24) is 14.6 Å². The molecule has 1 aliphatic heterocycles. The number of aliphatic imine (C=N–C) groups is 1. The lowest BCUT2D eigenvalue weighted by Crippen LogP contribution is -2.13. The molecular formula is C18H14BrN5O. The molecule has 1 aliphatic rings. The predicted octanol–water partition coefficient (Wildman–Crippen LogP) is 3.50. The zero-order valence-electron chi connectivity index (χ0n) is 13.2. The minimum Gasteiger partial charge on any atom is -0.366 e. The smallest absolute Gasteiger partial charge is 0.249 e. The third-order valence-electron chi connectivity index (χ3n) is 3.90. The molecule has 7 heteroatoms. The van der Waals surface area contributed by atoms with Gasteiger partial charge in [-0.05, 0) is 27.6 Å². The number of amides is 1. The number of carbonyl (C=O) groups excluding carboxylic acids is 1. The highest BCUT2D eigenvalue weighted by Gasteiger charge is 2.13. The van der Waals surface area contributed by atoms with Crippen molar-refractivity contribution in [2.45, 2.75) is 6.42 Å². The van der Waals surface area contributed by atoms with Crippen molar-refractivity contribution in [1.29, 1.82) is 0 Å². The van der Waals surface area contributed by atoms with Crippen LogP contribution in [0, 0.1) is 0 Å². The van der Waals surface area contributed by atoms with Crippen LogP contribution >= 0.6 is 15.9 Å². The Morgan fingerprint density at radius 2 is 2.08 bits per heavy atom. The van der Waals surface area contributed by atoms with Crippen molar-refractivity contribution >= 4 is 39.5 Å². The van der Waals surface area contributed by atoms with E-state index in [0.29, 0.717) is 13.0 Å². The lowest BCUT2D eigenvalue weighted by atomic mass is 10.1. The second kappa shape index (κ2) is 6.60. The molecule has 1 amide bonds. The molecule has 0 unspecified atom stereocenters. The normalized spacial score (nSPS) is 14.0. The van der Waals surface area contributed by atoms with Crippen LogP contribution < -0.4 is 5.32 Å². The molecular weight excluding hydrogens is 382 g/mol. The molecule has 4 rings (SSSR count). The summed E-state index contributed by atoms with van der Waals surface area (Å²) in [6.45, 7) is 0.544. The van der Waals surface area contributed by atoms with Gasteiger partial charge in [0.2, 0.25) is 5.91 Å². The van der Waals surface area contributed by atoms with E-state index >= 15 is 0 Å². The molecule has 0 radical (unpaired) electrons. The Balaban J connectivity index is 1.71. The first-order valence-electron chi connectivity index (χ1n) is 7.79. The number of dihydropyridines is 1. The number of nitrogens with zero attached hydrogens (tertiary/aromatic N) is 4. The van der Waals surface area contributed by atoms with Crippen LogP contribution in [0.3, 0.4) is 0 Å². The van der Waals surface area contributed by atoms with E-state index in [2.05, 4.69) is 31.3 Å². The van der Waals surface area contributed by atoms with Gasteiger partial charge >= 0.3 is 0 Å². The fourth-order valence-electron chi connectivity index (χ4n) is 2.67. The minimum absolute atomic E-state index is 0.119. The van der Waals surface area contributed by atoms with Crippen LogP contribution in [0.1, 0.15) is 6.42 Å². The third-order valence-corrected chi connectivity index (χ3v) is 4.46. The number of rotatable bonds is 4. The maximum absolute atomic E-state index is 11.4. The molecule has 124 valence electrons. The van der Waals surface area contributed by atoms with E-state index in [1.54, 1.807) is 16.9 Å². The summed E-state index contributed by atoms with van der Waals surface area (Å²) >= 11 is 3.50. The Bertz CT molecular complexity index is 1010. The molecule has 0 aliphatic carbocycles. The minimum atomic E-state index is -0.119. The molecule has 3 heterocycles. The topological polar surface area (TPSA) is 71.7 Å². The van der Waals surface area contributed by atoms with E-state index in [1.807, 2.05) is 42.5 Å². The highest BCUT2D eigenvalue weighted by atomic mass is 79.9. The molecule has 1 N–H and O–H groups in total. The van der Waals surface area contributed by atoms with Gasteiger partial charge in [0.15, 0.2) is 5.65 Å². The number of aromatic nitrogens is 3. The van der Waals surface area contributed by atoms with E-state index in [4.69, 9.17) is 4.98 Å². The summed E-state index contributed by atoms with van der Waals surface area (Å²) in [6.07, 6.45) is 5.47. The van der Waals surface area contributed by atoms with Crippen molar-refractivity contribution in [3.8, 4) is 11.3 Å². The largest absolute Gasteiger partial charge is 0.366 e. The molecule has 3 aromatic rings. The third kappa shape index (κ3) is 3.23. The average Bonchev–Trinajstić information content (AvgIpc) is 3.02. The van der Waals surface area contributed by atoms with E-state index in [-0.39, 0.29) is 5.91 Å². The molecule has 0 saturated heterocycles. The maximum atomic E-state index is 11.4. The lowest BCUT2D eigenvalue weighted by molar-refractivity contribution is -0.117. The Morgan fingerprint density at radius 3 is 2.88 bits per heavy atom. The molecule has 1 aromatic carbocycles. The Morgan fingerprint density at radius 1 is 1.24 bits per heavy atom.